The number of phenols is 1. The Morgan fingerprint density at radius 3 is 2.54 bits per heavy atom. The molecule has 0 radical (unpaired) electrons. The summed E-state index contributed by atoms with van der Waals surface area (Å²) in [4.78, 5) is 32.8. The van der Waals surface area contributed by atoms with Crippen molar-refractivity contribution in [2.45, 2.75) is 26.4 Å². The quantitative estimate of drug-likeness (QED) is 0.401. The van der Waals surface area contributed by atoms with Gasteiger partial charge in [-0.2, -0.15) is 0 Å². The third-order valence-corrected chi connectivity index (χ3v) is 5.91. The minimum atomic E-state index is -0.562. The molecule has 0 bridgehead atoms. The van der Waals surface area contributed by atoms with Crippen LogP contribution in [0.4, 0.5) is 10.5 Å². The number of nitrogens with one attached hydrogen (secondary N) is 1. The van der Waals surface area contributed by atoms with Gasteiger partial charge in [0.15, 0.2) is 0 Å². The zero-order chi connectivity index (χ0) is 24.9. The number of hydrogen-bond donors (Lipinski definition) is 2. The molecule has 0 aliphatic carbocycles. The van der Waals surface area contributed by atoms with Crippen LogP contribution < -0.4 is 15.6 Å². The van der Waals surface area contributed by atoms with Crippen LogP contribution >= 0.6 is 0 Å². The molecule has 4 rings (SSSR count). The molecule has 8 nitrogen and oxygen atoms in total. The first-order valence-corrected chi connectivity index (χ1v) is 11.4. The highest BCUT2D eigenvalue weighted by Crippen LogP contribution is 2.31. The summed E-state index contributed by atoms with van der Waals surface area (Å²) in [7, 11) is 1.69. The Kier molecular flexibility index (Phi) is 7.01. The van der Waals surface area contributed by atoms with Crippen LogP contribution in [-0.2, 0) is 13.6 Å². The van der Waals surface area contributed by atoms with E-state index >= 15 is 0 Å². The van der Waals surface area contributed by atoms with Crippen LogP contribution in [0.1, 0.15) is 31.1 Å². The Hall–Kier alpha value is -4.33. The third kappa shape index (κ3) is 4.96. The number of aryl methyl sites for hydroxylation is 1. The van der Waals surface area contributed by atoms with Crippen molar-refractivity contribution in [3.63, 3.8) is 0 Å². The van der Waals surface area contributed by atoms with E-state index in [-0.39, 0.29) is 23.5 Å². The Bertz CT molecular complexity index is 1420. The molecule has 2 amide bonds. The van der Waals surface area contributed by atoms with Crippen molar-refractivity contribution in [3.8, 4) is 11.5 Å². The second-order valence-corrected chi connectivity index (χ2v) is 8.13. The molecular formula is C27H28N4O4. The van der Waals surface area contributed by atoms with E-state index in [4.69, 9.17) is 4.74 Å². The molecular weight excluding hydrogens is 444 g/mol. The first-order chi connectivity index (χ1) is 16.9. The maximum Gasteiger partial charge on any atom is 0.322 e. The van der Waals surface area contributed by atoms with E-state index in [1.54, 1.807) is 56.4 Å². The Morgan fingerprint density at radius 1 is 1.09 bits per heavy atom. The van der Waals surface area contributed by atoms with Crippen LogP contribution in [0.3, 0.4) is 0 Å². The zero-order valence-electron chi connectivity index (χ0n) is 19.9. The van der Waals surface area contributed by atoms with Crippen LogP contribution in [0.2, 0.25) is 0 Å². The molecule has 0 saturated carbocycles. The predicted octanol–water partition coefficient (Wildman–Crippen LogP) is 4.83. The smallest absolute Gasteiger partial charge is 0.322 e. The van der Waals surface area contributed by atoms with Crippen molar-refractivity contribution in [2.75, 3.05) is 11.9 Å². The van der Waals surface area contributed by atoms with Crippen LogP contribution in [0.25, 0.3) is 11.0 Å². The summed E-state index contributed by atoms with van der Waals surface area (Å²) in [5, 5.41) is 13.4. The number of aromatic nitrogens is 2. The monoisotopic (exact) mass is 472 g/mol. The summed E-state index contributed by atoms with van der Waals surface area (Å²) in [5.41, 5.74) is 2.35. The maximum atomic E-state index is 13.6. The predicted molar refractivity (Wildman–Crippen MR) is 136 cm³/mol. The van der Waals surface area contributed by atoms with E-state index in [9.17, 15) is 14.7 Å². The molecule has 0 fully saturated rings. The topological polar surface area (TPSA) is 96.7 Å². The summed E-state index contributed by atoms with van der Waals surface area (Å²) in [5.74, 6) is 0.602. The van der Waals surface area contributed by atoms with E-state index < -0.39 is 12.1 Å². The molecule has 1 atom stereocenters. The lowest BCUT2D eigenvalue weighted by Crippen LogP contribution is -2.39. The van der Waals surface area contributed by atoms with E-state index in [0.29, 0.717) is 34.6 Å². The normalized spacial score (nSPS) is 11.7. The lowest BCUT2D eigenvalue weighted by Gasteiger charge is -2.30. The molecule has 35 heavy (non-hydrogen) atoms. The van der Waals surface area contributed by atoms with E-state index in [1.807, 2.05) is 37.3 Å². The zero-order valence-corrected chi connectivity index (χ0v) is 19.9. The lowest BCUT2D eigenvalue weighted by molar-refractivity contribution is 0.186. The van der Waals surface area contributed by atoms with Gasteiger partial charge in [-0.25, -0.2) is 9.78 Å². The number of phenolic OH excluding ortho intramolecular Hbond substituents is 1. The van der Waals surface area contributed by atoms with E-state index in [1.165, 1.54) is 9.47 Å². The van der Waals surface area contributed by atoms with Gasteiger partial charge in [0.05, 0.1) is 35.9 Å². The Balaban J connectivity index is 1.75. The summed E-state index contributed by atoms with van der Waals surface area (Å²) < 4.78 is 7.17. The van der Waals surface area contributed by atoms with E-state index in [0.717, 1.165) is 0 Å². The number of fused-ring (bicyclic) bond motifs is 1. The number of hydrogen-bond acceptors (Lipinski definition) is 5. The van der Waals surface area contributed by atoms with Crippen molar-refractivity contribution in [1.82, 2.24) is 14.5 Å². The summed E-state index contributed by atoms with van der Waals surface area (Å²) in [6, 6.07) is 20.3. The molecule has 8 heteroatoms. The van der Waals surface area contributed by atoms with Crippen LogP contribution in [-0.4, -0.2) is 32.2 Å². The van der Waals surface area contributed by atoms with Crippen molar-refractivity contribution >= 4 is 22.8 Å². The molecule has 180 valence electrons. The van der Waals surface area contributed by atoms with Gasteiger partial charge < -0.3 is 24.6 Å². The SMILES string of the molecule is CCOc1ccccc1NC(=O)N(Cc1nc2ccccc2n(C)c1=O)C(C)c1ccccc1O. The maximum absolute atomic E-state index is 13.6. The van der Waals surface area contributed by atoms with Gasteiger partial charge in [-0.1, -0.05) is 42.5 Å². The number of aromatic hydroxyl groups is 1. The average Bonchev–Trinajstić information content (AvgIpc) is 2.86. The second-order valence-electron chi connectivity index (χ2n) is 8.13. The number of urea groups is 1. The summed E-state index contributed by atoms with van der Waals surface area (Å²) in [6.07, 6.45) is 0. The number of anilines is 1. The number of amides is 2. The van der Waals surface area contributed by atoms with Crippen molar-refractivity contribution in [2.24, 2.45) is 7.05 Å². The Morgan fingerprint density at radius 2 is 1.77 bits per heavy atom. The van der Waals surface area contributed by atoms with Gasteiger partial charge in [0.2, 0.25) is 0 Å². The number of carbonyl (C=O) groups excluding carboxylic acids is 1. The first kappa shape index (κ1) is 23.8. The van der Waals surface area contributed by atoms with Gasteiger partial charge in [0, 0.05) is 12.6 Å². The molecule has 0 spiro atoms. The van der Waals surface area contributed by atoms with Crippen LogP contribution in [0.5, 0.6) is 11.5 Å². The van der Waals surface area contributed by atoms with Gasteiger partial charge in [0.1, 0.15) is 17.2 Å². The molecule has 0 saturated heterocycles. The second kappa shape index (κ2) is 10.3. The van der Waals surface area contributed by atoms with Gasteiger partial charge in [0.25, 0.3) is 5.56 Å². The fourth-order valence-electron chi connectivity index (χ4n) is 4.03. The standard InChI is InChI=1S/C27H28N4O4/c1-4-35-25-16-10-7-13-21(25)29-27(34)31(18(2)19-11-5-9-15-24(19)32)17-22-26(33)30(3)23-14-8-6-12-20(23)28-22/h5-16,18,32H,4,17H2,1-3H3,(H,29,34). The average molecular weight is 473 g/mol. The first-order valence-electron chi connectivity index (χ1n) is 11.4. The highest BCUT2D eigenvalue weighted by Gasteiger charge is 2.26. The fourth-order valence-corrected chi connectivity index (χ4v) is 4.03. The number of nitrogens with zero attached hydrogens (tertiary/aromatic N) is 3. The van der Waals surface area contributed by atoms with E-state index in [2.05, 4.69) is 10.3 Å². The molecule has 4 aromatic rings. The number of carbonyl (C=O) groups is 1. The molecule has 1 aromatic heterocycles. The molecule has 1 heterocycles. The van der Waals surface area contributed by atoms with Gasteiger partial charge in [-0.05, 0) is 44.2 Å². The van der Waals surface area contributed by atoms with Crippen molar-refractivity contribution < 1.29 is 14.6 Å². The molecule has 3 aromatic carbocycles. The highest BCUT2D eigenvalue weighted by atomic mass is 16.5. The van der Waals surface area contributed by atoms with Crippen LogP contribution in [0, 0.1) is 0 Å². The van der Waals surface area contributed by atoms with Gasteiger partial charge in [-0.3, -0.25) is 4.79 Å². The Labute approximate surface area is 203 Å². The van der Waals surface area contributed by atoms with Crippen molar-refractivity contribution in [1.29, 1.82) is 0 Å². The van der Waals surface area contributed by atoms with Crippen molar-refractivity contribution in [3.05, 3.63) is 94.4 Å². The van der Waals surface area contributed by atoms with Gasteiger partial charge in [-0.15, -0.1) is 0 Å². The lowest BCUT2D eigenvalue weighted by atomic mass is 10.1. The molecule has 0 aliphatic heterocycles. The highest BCUT2D eigenvalue weighted by molar-refractivity contribution is 5.91. The molecule has 0 aliphatic rings. The fraction of sp³-hybridized carbons (Fsp3) is 0.222. The largest absolute Gasteiger partial charge is 0.508 e. The van der Waals surface area contributed by atoms with Crippen LogP contribution in [0.15, 0.2) is 77.6 Å². The number of benzene rings is 3. The summed E-state index contributed by atoms with van der Waals surface area (Å²) in [6.45, 7) is 4.05. The number of para-hydroxylation sites is 5. The number of ether oxygens (including phenoxy) is 1. The molecule has 2 N–H and O–H groups in total. The third-order valence-electron chi connectivity index (χ3n) is 5.91. The molecule has 1 unspecified atom stereocenters. The minimum Gasteiger partial charge on any atom is -0.508 e. The number of rotatable bonds is 7. The minimum absolute atomic E-state index is 0.0599. The van der Waals surface area contributed by atoms with Gasteiger partial charge >= 0.3 is 6.03 Å². The summed E-state index contributed by atoms with van der Waals surface area (Å²) >= 11 is 0.